The van der Waals surface area contributed by atoms with Gasteiger partial charge in [0, 0.05) is 24.7 Å². The first-order chi connectivity index (χ1) is 7.27. The number of hydrogen-bond acceptors (Lipinski definition) is 2. The van der Waals surface area contributed by atoms with E-state index in [1.807, 2.05) is 0 Å². The highest BCUT2D eigenvalue weighted by atomic mass is 16.4. The molecule has 0 heterocycles. The van der Waals surface area contributed by atoms with Crippen molar-refractivity contribution in [2.75, 3.05) is 13.6 Å². The minimum atomic E-state index is -1.04. The third kappa shape index (κ3) is 4.47. The van der Waals surface area contributed by atoms with Crippen molar-refractivity contribution in [3.05, 3.63) is 11.1 Å². The Morgan fingerprint density at radius 1 is 1.19 bits per heavy atom. The lowest BCUT2D eigenvalue weighted by molar-refractivity contribution is -0.133. The molecule has 16 heavy (non-hydrogen) atoms. The van der Waals surface area contributed by atoms with Gasteiger partial charge >= 0.3 is 5.97 Å². The molecular weight excluding hydrogens is 206 g/mol. The fourth-order valence-electron chi connectivity index (χ4n) is 1.16. The number of amides is 1. The number of nitrogens with zero attached hydrogens (tertiary/aromatic N) is 1. The molecule has 0 atom stereocenters. The van der Waals surface area contributed by atoms with Crippen molar-refractivity contribution in [2.45, 2.75) is 34.1 Å². The summed E-state index contributed by atoms with van der Waals surface area (Å²) in [6, 6.07) is 0. The second-order valence-electron chi connectivity index (χ2n) is 4.46. The maximum Gasteiger partial charge on any atom is 0.331 e. The summed E-state index contributed by atoms with van der Waals surface area (Å²) in [5.41, 5.74) is 0.417. The van der Waals surface area contributed by atoms with Gasteiger partial charge < -0.3 is 10.0 Å². The normalized spacial score (nSPS) is 12.4. The number of carboxylic acids is 1. The lowest BCUT2D eigenvalue weighted by Gasteiger charge is -2.19. The second kappa shape index (κ2) is 6.30. The van der Waals surface area contributed by atoms with Crippen LogP contribution in [0.3, 0.4) is 0 Å². The fourth-order valence-corrected chi connectivity index (χ4v) is 1.16. The van der Waals surface area contributed by atoms with E-state index >= 15 is 0 Å². The van der Waals surface area contributed by atoms with Crippen molar-refractivity contribution in [1.82, 2.24) is 4.90 Å². The Hall–Kier alpha value is -1.32. The fraction of sp³-hybridized carbons (Fsp3) is 0.667. The molecule has 0 aliphatic carbocycles. The molecular formula is C12H21NO3. The van der Waals surface area contributed by atoms with Crippen LogP contribution in [0.4, 0.5) is 0 Å². The predicted octanol–water partition coefficient (Wildman–Crippen LogP) is 1.91. The summed E-state index contributed by atoms with van der Waals surface area (Å²) < 4.78 is 0. The van der Waals surface area contributed by atoms with Crippen molar-refractivity contribution >= 4 is 11.9 Å². The number of aliphatic carboxylic acids is 1. The molecule has 0 bridgehead atoms. The number of rotatable bonds is 5. The maximum absolute atomic E-state index is 11.8. The molecule has 0 spiro atoms. The molecule has 0 aliphatic rings. The molecule has 0 aromatic carbocycles. The van der Waals surface area contributed by atoms with E-state index in [1.165, 1.54) is 6.92 Å². The molecule has 0 aromatic rings. The van der Waals surface area contributed by atoms with Gasteiger partial charge in [-0.1, -0.05) is 13.8 Å². The van der Waals surface area contributed by atoms with Crippen molar-refractivity contribution in [3.8, 4) is 0 Å². The summed E-state index contributed by atoms with van der Waals surface area (Å²) in [7, 11) is 1.70. The van der Waals surface area contributed by atoms with Gasteiger partial charge in [-0.3, -0.25) is 4.79 Å². The summed E-state index contributed by atoms with van der Waals surface area (Å²) in [6.07, 6.45) is 0.918. The van der Waals surface area contributed by atoms with E-state index < -0.39 is 5.97 Å². The van der Waals surface area contributed by atoms with Crippen LogP contribution in [0, 0.1) is 5.92 Å². The maximum atomic E-state index is 11.8. The smallest absolute Gasteiger partial charge is 0.331 e. The lowest BCUT2D eigenvalue weighted by Crippen LogP contribution is -2.30. The van der Waals surface area contributed by atoms with Crippen LogP contribution >= 0.6 is 0 Å². The van der Waals surface area contributed by atoms with Crippen LogP contribution in [-0.4, -0.2) is 35.5 Å². The van der Waals surface area contributed by atoms with Crippen LogP contribution in [-0.2, 0) is 9.59 Å². The molecule has 0 rings (SSSR count). The number of carboxylic acid groups (broad SMARTS) is 1. The van der Waals surface area contributed by atoms with Gasteiger partial charge in [-0.15, -0.1) is 0 Å². The Kier molecular flexibility index (Phi) is 5.78. The minimum absolute atomic E-state index is 0.112. The highest BCUT2D eigenvalue weighted by Crippen LogP contribution is 2.09. The Bertz CT molecular complexity index is 305. The molecule has 0 fully saturated rings. The Labute approximate surface area is 96.9 Å². The van der Waals surface area contributed by atoms with Gasteiger partial charge in [-0.25, -0.2) is 4.79 Å². The molecule has 0 unspecified atom stereocenters. The third-order valence-corrected chi connectivity index (χ3v) is 2.59. The lowest BCUT2D eigenvalue weighted by atomic mass is 10.1. The van der Waals surface area contributed by atoms with E-state index in [2.05, 4.69) is 13.8 Å². The van der Waals surface area contributed by atoms with Crippen molar-refractivity contribution in [2.24, 2.45) is 5.92 Å². The molecule has 0 aromatic heterocycles. The van der Waals surface area contributed by atoms with Crippen LogP contribution in [0.1, 0.15) is 34.1 Å². The monoisotopic (exact) mass is 227 g/mol. The van der Waals surface area contributed by atoms with E-state index in [1.54, 1.807) is 18.9 Å². The average molecular weight is 227 g/mol. The van der Waals surface area contributed by atoms with Gasteiger partial charge in [-0.2, -0.15) is 0 Å². The molecule has 1 N–H and O–H groups in total. The van der Waals surface area contributed by atoms with Gasteiger partial charge in [-0.05, 0) is 26.2 Å². The summed E-state index contributed by atoms with van der Waals surface area (Å²) in [5, 5.41) is 8.77. The highest BCUT2D eigenvalue weighted by molar-refractivity contribution is 6.01. The van der Waals surface area contributed by atoms with E-state index in [4.69, 9.17) is 5.11 Å². The predicted molar refractivity (Wildman–Crippen MR) is 63.1 cm³/mol. The SMILES string of the molecule is CC(C(=O)O)=C(C)C(=O)N(C)CCC(C)C. The van der Waals surface area contributed by atoms with Gasteiger partial charge in [0.15, 0.2) is 0 Å². The van der Waals surface area contributed by atoms with Crippen LogP contribution in [0.5, 0.6) is 0 Å². The van der Waals surface area contributed by atoms with Crippen LogP contribution in [0.25, 0.3) is 0 Å². The standard InChI is InChI=1S/C12H21NO3/c1-8(2)6-7-13(5)11(14)9(3)10(4)12(15)16/h8H,6-7H2,1-5H3,(H,15,16). The van der Waals surface area contributed by atoms with Crippen LogP contribution in [0.15, 0.2) is 11.1 Å². The third-order valence-electron chi connectivity index (χ3n) is 2.59. The summed E-state index contributed by atoms with van der Waals surface area (Å²) in [4.78, 5) is 24.1. The van der Waals surface area contributed by atoms with E-state index in [-0.39, 0.29) is 11.5 Å². The molecule has 4 heteroatoms. The van der Waals surface area contributed by atoms with Gasteiger partial charge in [0.25, 0.3) is 0 Å². The zero-order chi connectivity index (χ0) is 12.9. The molecule has 0 saturated heterocycles. The van der Waals surface area contributed by atoms with E-state index in [0.717, 1.165) is 6.42 Å². The average Bonchev–Trinajstić information content (AvgIpc) is 2.22. The Balaban J connectivity index is 4.56. The minimum Gasteiger partial charge on any atom is -0.478 e. The van der Waals surface area contributed by atoms with Gasteiger partial charge in [0.1, 0.15) is 0 Å². The Morgan fingerprint density at radius 2 is 1.69 bits per heavy atom. The van der Waals surface area contributed by atoms with Crippen molar-refractivity contribution < 1.29 is 14.7 Å². The quantitative estimate of drug-likeness (QED) is 0.730. The van der Waals surface area contributed by atoms with Gasteiger partial charge in [0.2, 0.25) is 5.91 Å². The zero-order valence-corrected chi connectivity index (χ0v) is 10.7. The largest absolute Gasteiger partial charge is 0.478 e. The molecule has 0 saturated carbocycles. The van der Waals surface area contributed by atoms with E-state index in [9.17, 15) is 9.59 Å². The van der Waals surface area contributed by atoms with Crippen molar-refractivity contribution in [3.63, 3.8) is 0 Å². The topological polar surface area (TPSA) is 57.6 Å². The van der Waals surface area contributed by atoms with Crippen molar-refractivity contribution in [1.29, 1.82) is 0 Å². The van der Waals surface area contributed by atoms with Gasteiger partial charge in [0.05, 0.1) is 0 Å². The number of likely N-dealkylation sites (N-methyl/N-ethyl adjacent to an activating group) is 1. The first kappa shape index (κ1) is 14.7. The molecule has 0 aliphatic heterocycles. The molecule has 4 nitrogen and oxygen atoms in total. The van der Waals surface area contributed by atoms with Crippen LogP contribution in [0.2, 0.25) is 0 Å². The van der Waals surface area contributed by atoms with E-state index in [0.29, 0.717) is 18.0 Å². The summed E-state index contributed by atoms with van der Waals surface area (Å²) in [6.45, 7) is 7.83. The molecule has 1 amide bonds. The number of carbonyl (C=O) groups is 2. The zero-order valence-electron chi connectivity index (χ0n) is 10.7. The molecule has 0 radical (unpaired) electrons. The van der Waals surface area contributed by atoms with Crippen LogP contribution < -0.4 is 0 Å². The number of hydrogen-bond donors (Lipinski definition) is 1. The summed E-state index contributed by atoms with van der Waals surface area (Å²) in [5.74, 6) is -0.719. The second-order valence-corrected chi connectivity index (χ2v) is 4.46. The first-order valence-electron chi connectivity index (χ1n) is 5.43. The number of carbonyl (C=O) groups excluding carboxylic acids is 1. The Morgan fingerprint density at radius 3 is 2.06 bits per heavy atom. The first-order valence-corrected chi connectivity index (χ1v) is 5.43. The highest BCUT2D eigenvalue weighted by Gasteiger charge is 2.16. The summed E-state index contributed by atoms with van der Waals surface area (Å²) >= 11 is 0. The molecule has 92 valence electrons.